The van der Waals surface area contributed by atoms with Gasteiger partial charge < -0.3 is 15.7 Å². The number of halogens is 2. The lowest BCUT2D eigenvalue weighted by Crippen LogP contribution is -2.35. The standard InChI is InChI=1S/C11H12ClFN2O2/c12-7-2-1-3-8(10(7)13)15-11(17)9-4-6(16)5-14-9/h1-3,6,9,14,16H,4-5H2,(H,15,17). The lowest BCUT2D eigenvalue weighted by atomic mass is 10.2. The molecule has 1 aliphatic heterocycles. The Hall–Kier alpha value is -1.17. The average molecular weight is 259 g/mol. The maximum absolute atomic E-state index is 13.5. The van der Waals surface area contributed by atoms with Gasteiger partial charge in [-0.25, -0.2) is 4.39 Å². The van der Waals surface area contributed by atoms with Gasteiger partial charge in [0.25, 0.3) is 0 Å². The van der Waals surface area contributed by atoms with Crippen LogP contribution in [0.5, 0.6) is 0 Å². The number of carbonyl (C=O) groups is 1. The Kier molecular flexibility index (Phi) is 3.61. The van der Waals surface area contributed by atoms with E-state index in [1.807, 2.05) is 0 Å². The second-order valence-corrected chi connectivity index (χ2v) is 4.35. The van der Waals surface area contributed by atoms with Crippen LogP contribution in [-0.4, -0.2) is 29.7 Å². The van der Waals surface area contributed by atoms with Crippen LogP contribution in [0.15, 0.2) is 18.2 Å². The van der Waals surface area contributed by atoms with E-state index in [0.717, 1.165) is 0 Å². The summed E-state index contributed by atoms with van der Waals surface area (Å²) in [4.78, 5) is 11.7. The first-order valence-corrected chi connectivity index (χ1v) is 5.62. The zero-order valence-corrected chi connectivity index (χ0v) is 9.67. The molecular weight excluding hydrogens is 247 g/mol. The van der Waals surface area contributed by atoms with E-state index in [1.165, 1.54) is 12.1 Å². The zero-order valence-electron chi connectivity index (χ0n) is 8.91. The molecule has 2 unspecified atom stereocenters. The largest absolute Gasteiger partial charge is 0.392 e. The summed E-state index contributed by atoms with van der Waals surface area (Å²) in [6, 6.07) is 3.90. The number of anilines is 1. The van der Waals surface area contributed by atoms with Crippen LogP contribution in [-0.2, 0) is 4.79 Å². The molecule has 92 valence electrons. The molecule has 0 bridgehead atoms. The number of benzene rings is 1. The highest BCUT2D eigenvalue weighted by Gasteiger charge is 2.28. The zero-order chi connectivity index (χ0) is 12.4. The molecular formula is C11H12ClFN2O2. The van der Waals surface area contributed by atoms with E-state index in [1.54, 1.807) is 6.07 Å². The molecule has 2 rings (SSSR count). The normalized spacial score (nSPS) is 23.7. The number of aliphatic hydroxyl groups excluding tert-OH is 1. The Labute approximate surface area is 103 Å². The Morgan fingerprint density at radius 2 is 2.35 bits per heavy atom. The van der Waals surface area contributed by atoms with E-state index in [2.05, 4.69) is 10.6 Å². The molecule has 3 N–H and O–H groups in total. The van der Waals surface area contributed by atoms with E-state index in [0.29, 0.717) is 13.0 Å². The molecule has 1 heterocycles. The SMILES string of the molecule is O=C(Nc1cccc(Cl)c1F)C1CC(O)CN1. The minimum Gasteiger partial charge on any atom is -0.392 e. The van der Waals surface area contributed by atoms with Crippen LogP contribution >= 0.6 is 11.6 Å². The van der Waals surface area contributed by atoms with Gasteiger partial charge in [0.05, 0.1) is 22.9 Å². The number of aliphatic hydroxyl groups is 1. The first-order chi connectivity index (χ1) is 8.08. The van der Waals surface area contributed by atoms with Gasteiger partial charge in [-0.15, -0.1) is 0 Å². The van der Waals surface area contributed by atoms with E-state index >= 15 is 0 Å². The van der Waals surface area contributed by atoms with Crippen molar-refractivity contribution in [2.75, 3.05) is 11.9 Å². The van der Waals surface area contributed by atoms with Gasteiger partial charge in [-0.3, -0.25) is 4.79 Å². The van der Waals surface area contributed by atoms with Crippen LogP contribution in [0.3, 0.4) is 0 Å². The smallest absolute Gasteiger partial charge is 0.241 e. The molecule has 1 saturated heterocycles. The average Bonchev–Trinajstić information content (AvgIpc) is 2.72. The van der Waals surface area contributed by atoms with Crippen molar-refractivity contribution in [1.82, 2.24) is 5.32 Å². The lowest BCUT2D eigenvalue weighted by Gasteiger charge is -2.11. The highest BCUT2D eigenvalue weighted by molar-refractivity contribution is 6.31. The van der Waals surface area contributed by atoms with E-state index < -0.39 is 18.0 Å². The predicted octanol–water partition coefficient (Wildman–Crippen LogP) is 1.14. The second kappa shape index (κ2) is 5.00. The van der Waals surface area contributed by atoms with Crippen LogP contribution in [0.4, 0.5) is 10.1 Å². The van der Waals surface area contributed by atoms with Crippen LogP contribution in [0, 0.1) is 5.82 Å². The summed E-state index contributed by atoms with van der Waals surface area (Å²) in [6.45, 7) is 0.371. The number of β-amino-alcohol motifs (C(OH)–C–C–N with tert-alkyl or cyclic N) is 1. The topological polar surface area (TPSA) is 61.4 Å². The monoisotopic (exact) mass is 258 g/mol. The summed E-state index contributed by atoms with van der Waals surface area (Å²) >= 11 is 5.60. The number of hydrogen-bond acceptors (Lipinski definition) is 3. The van der Waals surface area contributed by atoms with Crippen molar-refractivity contribution in [3.63, 3.8) is 0 Å². The highest BCUT2D eigenvalue weighted by atomic mass is 35.5. The van der Waals surface area contributed by atoms with Gasteiger partial charge in [0.2, 0.25) is 5.91 Å². The Balaban J connectivity index is 2.06. The van der Waals surface area contributed by atoms with Crippen molar-refractivity contribution in [1.29, 1.82) is 0 Å². The first kappa shape index (κ1) is 12.3. The maximum Gasteiger partial charge on any atom is 0.241 e. The third kappa shape index (κ3) is 2.74. The fourth-order valence-electron chi connectivity index (χ4n) is 1.74. The minimum atomic E-state index is -0.652. The first-order valence-electron chi connectivity index (χ1n) is 5.24. The number of amides is 1. The minimum absolute atomic E-state index is 0.0396. The van der Waals surface area contributed by atoms with Crippen molar-refractivity contribution in [3.05, 3.63) is 29.0 Å². The highest BCUT2D eigenvalue weighted by Crippen LogP contribution is 2.22. The van der Waals surface area contributed by atoms with Crippen LogP contribution in [0.25, 0.3) is 0 Å². The Bertz CT molecular complexity index is 441. The van der Waals surface area contributed by atoms with Crippen LogP contribution in [0.1, 0.15) is 6.42 Å². The summed E-state index contributed by atoms with van der Waals surface area (Å²) in [5, 5.41) is 14.5. The number of nitrogens with one attached hydrogen (secondary N) is 2. The van der Waals surface area contributed by atoms with Gasteiger partial charge in [-0.2, -0.15) is 0 Å². The van der Waals surface area contributed by atoms with Crippen LogP contribution in [0.2, 0.25) is 5.02 Å². The second-order valence-electron chi connectivity index (χ2n) is 3.94. The molecule has 1 fully saturated rings. The van der Waals surface area contributed by atoms with Gasteiger partial charge >= 0.3 is 0 Å². The lowest BCUT2D eigenvalue weighted by molar-refractivity contribution is -0.118. The molecule has 1 aliphatic rings. The third-order valence-electron chi connectivity index (χ3n) is 2.63. The van der Waals surface area contributed by atoms with Crippen molar-refractivity contribution in [2.24, 2.45) is 0 Å². The quantitative estimate of drug-likeness (QED) is 0.746. The molecule has 1 amide bonds. The molecule has 0 aliphatic carbocycles. The molecule has 1 aromatic carbocycles. The maximum atomic E-state index is 13.5. The molecule has 4 nitrogen and oxygen atoms in total. The summed E-state index contributed by atoms with van der Waals surface area (Å²) in [6.07, 6.45) is -0.205. The molecule has 0 spiro atoms. The Morgan fingerprint density at radius 3 is 3.00 bits per heavy atom. The van der Waals surface area contributed by atoms with E-state index in [9.17, 15) is 14.3 Å². The number of carbonyl (C=O) groups excluding carboxylic acids is 1. The molecule has 6 heteroatoms. The van der Waals surface area contributed by atoms with Gasteiger partial charge in [-0.1, -0.05) is 17.7 Å². The third-order valence-corrected chi connectivity index (χ3v) is 2.93. The van der Waals surface area contributed by atoms with Gasteiger partial charge in [-0.05, 0) is 18.6 Å². The summed E-state index contributed by atoms with van der Waals surface area (Å²) < 4.78 is 13.5. The molecule has 17 heavy (non-hydrogen) atoms. The molecule has 1 aromatic rings. The summed E-state index contributed by atoms with van der Waals surface area (Å²) in [5.74, 6) is -1.02. The number of hydrogen-bond donors (Lipinski definition) is 3. The molecule has 0 saturated carbocycles. The van der Waals surface area contributed by atoms with Crippen molar-refractivity contribution in [2.45, 2.75) is 18.6 Å². The summed E-state index contributed by atoms with van der Waals surface area (Å²) in [5.41, 5.74) is 0.0469. The predicted molar refractivity (Wildman–Crippen MR) is 62.5 cm³/mol. The summed E-state index contributed by atoms with van der Waals surface area (Å²) in [7, 11) is 0. The fraction of sp³-hybridized carbons (Fsp3) is 0.364. The van der Waals surface area contributed by atoms with Gasteiger partial charge in [0.1, 0.15) is 0 Å². The van der Waals surface area contributed by atoms with E-state index in [-0.39, 0.29) is 16.6 Å². The van der Waals surface area contributed by atoms with E-state index in [4.69, 9.17) is 11.6 Å². The van der Waals surface area contributed by atoms with Crippen molar-refractivity contribution < 1.29 is 14.3 Å². The molecule has 2 atom stereocenters. The molecule has 0 aromatic heterocycles. The number of rotatable bonds is 2. The van der Waals surface area contributed by atoms with Crippen molar-refractivity contribution >= 4 is 23.2 Å². The fourth-order valence-corrected chi connectivity index (χ4v) is 1.91. The van der Waals surface area contributed by atoms with Gasteiger partial charge in [0.15, 0.2) is 5.82 Å². The van der Waals surface area contributed by atoms with Crippen molar-refractivity contribution in [3.8, 4) is 0 Å². The van der Waals surface area contributed by atoms with Crippen LogP contribution < -0.4 is 10.6 Å². The Morgan fingerprint density at radius 1 is 1.59 bits per heavy atom. The molecule has 0 radical (unpaired) electrons. The van der Waals surface area contributed by atoms with Gasteiger partial charge in [0, 0.05) is 6.54 Å².